The summed E-state index contributed by atoms with van der Waals surface area (Å²) in [5, 5.41) is 31.7. The Labute approximate surface area is 149 Å². The van der Waals surface area contributed by atoms with E-state index in [2.05, 4.69) is 10.6 Å². The van der Waals surface area contributed by atoms with E-state index in [0.717, 1.165) is 23.9 Å². The van der Waals surface area contributed by atoms with Gasteiger partial charge in [0.2, 0.25) is 16.9 Å². The average Bonchev–Trinajstić information content (AvgIpc) is 2.55. The summed E-state index contributed by atoms with van der Waals surface area (Å²) < 4.78 is 0. The molecule has 0 aliphatic rings. The summed E-state index contributed by atoms with van der Waals surface area (Å²) in [5.41, 5.74) is -0.981. The minimum atomic E-state index is -1.39. The molecular weight excluding hydrogens is 352 g/mol. The lowest BCUT2D eigenvalue weighted by Crippen LogP contribution is -2.46. The van der Waals surface area contributed by atoms with Gasteiger partial charge < -0.3 is 26.0 Å². The summed E-state index contributed by atoms with van der Waals surface area (Å²) in [7, 11) is 0. The lowest BCUT2D eigenvalue weighted by atomic mass is 9.87. The van der Waals surface area contributed by atoms with Crippen molar-refractivity contribution in [2.75, 3.05) is 25.4 Å². The van der Waals surface area contributed by atoms with Gasteiger partial charge in [0, 0.05) is 36.8 Å². The number of rotatable bonds is 11. The predicted octanol–water partition coefficient (Wildman–Crippen LogP) is -1.11. The molecule has 0 unspecified atom stereocenters. The Kier molecular flexibility index (Phi) is 10.7. The highest BCUT2D eigenvalue weighted by molar-refractivity contribution is 8.14. The first kappa shape index (κ1) is 23.1. The first-order valence-corrected chi connectivity index (χ1v) is 8.50. The van der Waals surface area contributed by atoms with Crippen LogP contribution in [0.5, 0.6) is 0 Å². The molecule has 10 heteroatoms. The molecule has 142 valence electrons. The second kappa shape index (κ2) is 11.6. The molecule has 9 nitrogen and oxygen atoms in total. The van der Waals surface area contributed by atoms with Crippen molar-refractivity contribution < 1.29 is 34.5 Å². The van der Waals surface area contributed by atoms with E-state index in [1.54, 1.807) is 0 Å². The summed E-state index contributed by atoms with van der Waals surface area (Å²) in [6.07, 6.45) is 0.282. The van der Waals surface area contributed by atoms with E-state index >= 15 is 0 Å². The minimum absolute atomic E-state index is 0.00442. The molecule has 0 aromatic heterocycles. The van der Waals surface area contributed by atoms with Gasteiger partial charge in [-0.15, -0.1) is 0 Å². The van der Waals surface area contributed by atoms with E-state index < -0.39 is 28.5 Å². The fourth-order valence-corrected chi connectivity index (χ4v) is 2.02. The molecule has 0 fully saturated rings. The normalized spacial score (nSPS) is 12.6. The minimum Gasteiger partial charge on any atom is -0.478 e. The largest absolute Gasteiger partial charge is 0.478 e. The molecule has 0 heterocycles. The van der Waals surface area contributed by atoms with Crippen LogP contribution in [-0.4, -0.2) is 69.8 Å². The lowest BCUT2D eigenvalue weighted by molar-refractivity contribution is -0.137. The number of carboxylic acids is 1. The first-order valence-electron chi connectivity index (χ1n) is 7.51. The van der Waals surface area contributed by atoms with Crippen molar-refractivity contribution >= 4 is 34.7 Å². The Bertz CT molecular complexity index is 520. The van der Waals surface area contributed by atoms with Crippen LogP contribution in [0.1, 0.15) is 20.3 Å². The van der Waals surface area contributed by atoms with E-state index in [1.165, 1.54) is 13.8 Å². The Morgan fingerprint density at radius 2 is 1.76 bits per heavy atom. The average molecular weight is 376 g/mol. The maximum Gasteiger partial charge on any atom is 0.328 e. The quantitative estimate of drug-likeness (QED) is 0.225. The van der Waals surface area contributed by atoms with Crippen molar-refractivity contribution in [3.63, 3.8) is 0 Å². The van der Waals surface area contributed by atoms with Crippen molar-refractivity contribution in [3.8, 4) is 0 Å². The molecule has 0 aliphatic carbocycles. The number of hydrogen-bond donors (Lipinski definition) is 5. The lowest BCUT2D eigenvalue weighted by Gasteiger charge is -2.27. The number of carbonyl (C=O) groups excluding carboxylic acids is 3. The number of aliphatic hydroxyl groups is 2. The summed E-state index contributed by atoms with van der Waals surface area (Å²) in [5.74, 6) is -1.94. The van der Waals surface area contributed by atoms with Crippen LogP contribution in [0.3, 0.4) is 0 Å². The molecule has 0 aromatic rings. The van der Waals surface area contributed by atoms with E-state index in [1.807, 2.05) is 0 Å². The predicted molar refractivity (Wildman–Crippen MR) is 91.8 cm³/mol. The Morgan fingerprint density at radius 3 is 2.32 bits per heavy atom. The van der Waals surface area contributed by atoms with E-state index in [-0.39, 0.29) is 37.8 Å². The molecule has 0 saturated heterocycles. The molecule has 25 heavy (non-hydrogen) atoms. The SMILES string of the molecule is CC(C)(CO)[C@@H](O)C(=O)NCCC(=O)NCCSC(=O)/C=C/C(=O)O. The zero-order valence-electron chi connectivity index (χ0n) is 14.2. The Balaban J connectivity index is 3.90. The molecule has 0 bridgehead atoms. The third-order valence-corrected chi connectivity index (χ3v) is 3.91. The third-order valence-electron chi connectivity index (χ3n) is 3.08. The van der Waals surface area contributed by atoms with Gasteiger partial charge >= 0.3 is 5.97 Å². The molecule has 1 atom stereocenters. The van der Waals surface area contributed by atoms with Crippen LogP contribution in [-0.2, 0) is 19.2 Å². The second-order valence-corrected chi connectivity index (χ2v) is 6.88. The fourth-order valence-electron chi connectivity index (χ4n) is 1.46. The molecule has 5 N–H and O–H groups in total. The number of carbonyl (C=O) groups is 4. The van der Waals surface area contributed by atoms with Crippen molar-refractivity contribution in [2.24, 2.45) is 5.41 Å². The number of amides is 2. The van der Waals surface area contributed by atoms with Crippen LogP contribution in [0, 0.1) is 5.41 Å². The monoisotopic (exact) mass is 376 g/mol. The van der Waals surface area contributed by atoms with Crippen molar-refractivity contribution in [2.45, 2.75) is 26.4 Å². The number of aliphatic hydroxyl groups excluding tert-OH is 2. The van der Waals surface area contributed by atoms with Crippen molar-refractivity contribution in [3.05, 3.63) is 12.2 Å². The van der Waals surface area contributed by atoms with Gasteiger partial charge in [0.15, 0.2) is 0 Å². The highest BCUT2D eigenvalue weighted by Crippen LogP contribution is 2.19. The molecule has 2 amide bonds. The van der Waals surface area contributed by atoms with Gasteiger partial charge in [-0.2, -0.15) is 0 Å². The van der Waals surface area contributed by atoms with Crippen molar-refractivity contribution in [1.82, 2.24) is 10.6 Å². The van der Waals surface area contributed by atoms with Crippen molar-refractivity contribution in [1.29, 1.82) is 0 Å². The fraction of sp³-hybridized carbons (Fsp3) is 0.600. The molecule has 0 rings (SSSR count). The molecule has 0 aromatic carbocycles. The number of hydrogen-bond acceptors (Lipinski definition) is 7. The van der Waals surface area contributed by atoms with Crippen LogP contribution < -0.4 is 10.6 Å². The Hall–Kier alpha value is -1.91. The molecule has 0 spiro atoms. The zero-order chi connectivity index (χ0) is 19.5. The number of nitrogens with one attached hydrogen (secondary N) is 2. The number of aliphatic carboxylic acids is 1. The highest BCUT2D eigenvalue weighted by Gasteiger charge is 2.32. The molecule has 0 radical (unpaired) electrons. The standard InChI is InChI=1S/C15H24N2O7S/c1-15(2,9-18)13(23)14(24)17-6-5-10(19)16-7-8-25-12(22)4-3-11(20)21/h3-4,13,18,23H,5-9H2,1-2H3,(H,16,19)(H,17,24)(H,20,21)/b4-3+/t13-/m0/s1. The summed E-state index contributed by atoms with van der Waals surface area (Å²) in [6.45, 7) is 2.95. The van der Waals surface area contributed by atoms with Gasteiger partial charge in [0.05, 0.1) is 6.61 Å². The van der Waals surface area contributed by atoms with Gasteiger partial charge in [0.1, 0.15) is 6.10 Å². The topological polar surface area (TPSA) is 153 Å². The highest BCUT2D eigenvalue weighted by atomic mass is 32.2. The first-order chi connectivity index (χ1) is 11.6. The summed E-state index contributed by atoms with van der Waals surface area (Å²) >= 11 is 0.868. The zero-order valence-corrected chi connectivity index (χ0v) is 15.0. The molecule has 0 saturated carbocycles. The van der Waals surface area contributed by atoms with Gasteiger partial charge in [-0.05, 0) is 6.08 Å². The maximum absolute atomic E-state index is 11.7. The van der Waals surface area contributed by atoms with Gasteiger partial charge in [0.25, 0.3) is 0 Å². The smallest absolute Gasteiger partial charge is 0.328 e. The Morgan fingerprint density at radius 1 is 1.12 bits per heavy atom. The van der Waals surface area contributed by atoms with Gasteiger partial charge in [-0.1, -0.05) is 25.6 Å². The maximum atomic E-state index is 11.7. The summed E-state index contributed by atoms with van der Waals surface area (Å²) in [6, 6.07) is 0. The van der Waals surface area contributed by atoms with Gasteiger partial charge in [-0.25, -0.2) is 4.79 Å². The van der Waals surface area contributed by atoms with Crippen LogP contribution in [0.4, 0.5) is 0 Å². The number of thioether (sulfide) groups is 1. The second-order valence-electron chi connectivity index (χ2n) is 5.78. The van der Waals surface area contributed by atoms with E-state index in [4.69, 9.17) is 10.2 Å². The van der Waals surface area contributed by atoms with E-state index in [9.17, 15) is 24.3 Å². The summed E-state index contributed by atoms with van der Waals surface area (Å²) in [4.78, 5) is 44.7. The van der Waals surface area contributed by atoms with Crippen LogP contribution in [0.25, 0.3) is 0 Å². The number of carboxylic acid groups (broad SMARTS) is 1. The van der Waals surface area contributed by atoms with Gasteiger partial charge in [-0.3, -0.25) is 14.4 Å². The molecular formula is C15H24N2O7S. The van der Waals surface area contributed by atoms with Crippen LogP contribution in [0.2, 0.25) is 0 Å². The third kappa shape index (κ3) is 10.5. The van der Waals surface area contributed by atoms with Crippen LogP contribution in [0.15, 0.2) is 12.2 Å². The molecule has 0 aliphatic heterocycles. The van der Waals surface area contributed by atoms with E-state index in [0.29, 0.717) is 0 Å². The van der Waals surface area contributed by atoms with Crippen LogP contribution >= 0.6 is 11.8 Å².